The summed E-state index contributed by atoms with van der Waals surface area (Å²) >= 11 is 1.87. The molecule has 0 unspecified atom stereocenters. The van der Waals surface area contributed by atoms with Crippen LogP contribution in [0, 0.1) is 0 Å². The number of hydrogen-bond donors (Lipinski definition) is 1. The molecule has 0 spiro atoms. The summed E-state index contributed by atoms with van der Waals surface area (Å²) < 4.78 is 0. The molecule has 1 aliphatic rings. The van der Waals surface area contributed by atoms with E-state index in [-0.39, 0.29) is 0 Å². The van der Waals surface area contributed by atoms with Crippen molar-refractivity contribution < 1.29 is 0 Å². The van der Waals surface area contributed by atoms with Gasteiger partial charge in [-0.25, -0.2) is 0 Å². The number of piperazine rings is 1. The molecule has 4 rings (SSSR count). The van der Waals surface area contributed by atoms with Gasteiger partial charge in [0.05, 0.1) is 6.04 Å². The van der Waals surface area contributed by atoms with Crippen molar-refractivity contribution in [2.75, 3.05) is 26.2 Å². The molecule has 1 aliphatic heterocycles. The molecule has 1 N–H and O–H groups in total. The van der Waals surface area contributed by atoms with Crippen LogP contribution >= 0.6 is 11.3 Å². The van der Waals surface area contributed by atoms with Gasteiger partial charge in [-0.05, 0) is 27.8 Å². The van der Waals surface area contributed by atoms with Gasteiger partial charge in [0, 0.05) is 31.1 Å². The summed E-state index contributed by atoms with van der Waals surface area (Å²) in [6.45, 7) is 4.36. The number of nitrogens with one attached hydrogen (secondary N) is 1. The van der Waals surface area contributed by atoms with E-state index in [9.17, 15) is 0 Å². The molecule has 1 fully saturated rings. The minimum atomic E-state index is 0.369. The molecular formula is C19H20N2S. The first kappa shape index (κ1) is 13.9. The number of nitrogens with zero attached hydrogens (tertiary/aromatic N) is 1. The molecule has 1 atom stereocenters. The van der Waals surface area contributed by atoms with E-state index in [0.717, 1.165) is 26.2 Å². The Morgan fingerprint density at radius 3 is 2.55 bits per heavy atom. The SMILES string of the molecule is c1csc([C@H](c2cccc3ccccc23)N2CCNCC2)c1. The molecule has 0 aliphatic carbocycles. The van der Waals surface area contributed by atoms with Gasteiger partial charge in [0.25, 0.3) is 0 Å². The number of thiophene rings is 1. The first-order chi connectivity index (χ1) is 10.9. The van der Waals surface area contributed by atoms with Gasteiger partial charge >= 0.3 is 0 Å². The lowest BCUT2D eigenvalue weighted by molar-refractivity contribution is 0.201. The van der Waals surface area contributed by atoms with Crippen LogP contribution in [0.25, 0.3) is 10.8 Å². The number of fused-ring (bicyclic) bond motifs is 1. The molecular weight excluding hydrogens is 288 g/mol. The Morgan fingerprint density at radius 1 is 0.909 bits per heavy atom. The molecule has 1 aromatic heterocycles. The monoisotopic (exact) mass is 308 g/mol. The van der Waals surface area contributed by atoms with Crippen molar-refractivity contribution in [3.63, 3.8) is 0 Å². The normalized spacial score (nSPS) is 17.6. The van der Waals surface area contributed by atoms with Crippen molar-refractivity contribution in [1.82, 2.24) is 10.2 Å². The average molecular weight is 308 g/mol. The topological polar surface area (TPSA) is 15.3 Å². The fourth-order valence-corrected chi connectivity index (χ4v) is 4.28. The van der Waals surface area contributed by atoms with Gasteiger partial charge in [-0.1, -0.05) is 48.5 Å². The van der Waals surface area contributed by atoms with E-state index in [1.807, 2.05) is 11.3 Å². The van der Waals surface area contributed by atoms with Gasteiger partial charge in [0.2, 0.25) is 0 Å². The second kappa shape index (κ2) is 6.21. The van der Waals surface area contributed by atoms with Gasteiger partial charge in [-0.3, -0.25) is 4.90 Å². The lowest BCUT2D eigenvalue weighted by Gasteiger charge is -2.35. The van der Waals surface area contributed by atoms with E-state index in [1.54, 1.807) is 0 Å². The number of hydrogen-bond acceptors (Lipinski definition) is 3. The molecule has 0 bridgehead atoms. The second-order valence-electron chi connectivity index (χ2n) is 5.77. The lowest BCUT2D eigenvalue weighted by Crippen LogP contribution is -2.45. The summed E-state index contributed by atoms with van der Waals surface area (Å²) in [4.78, 5) is 4.06. The Kier molecular flexibility index (Phi) is 3.94. The Labute approximate surface area is 135 Å². The van der Waals surface area contributed by atoms with Crippen LogP contribution in [0.5, 0.6) is 0 Å². The van der Waals surface area contributed by atoms with E-state index in [0.29, 0.717) is 6.04 Å². The maximum atomic E-state index is 3.47. The smallest absolute Gasteiger partial charge is 0.0702 e. The van der Waals surface area contributed by atoms with Crippen molar-refractivity contribution in [2.24, 2.45) is 0 Å². The molecule has 3 heteroatoms. The highest BCUT2D eigenvalue weighted by molar-refractivity contribution is 7.10. The zero-order valence-electron chi connectivity index (χ0n) is 12.5. The molecule has 22 heavy (non-hydrogen) atoms. The van der Waals surface area contributed by atoms with Gasteiger partial charge in [0.1, 0.15) is 0 Å². The van der Waals surface area contributed by atoms with Gasteiger partial charge in [0.15, 0.2) is 0 Å². The Hall–Kier alpha value is -1.68. The second-order valence-corrected chi connectivity index (χ2v) is 6.75. The van der Waals surface area contributed by atoms with E-state index in [2.05, 4.69) is 70.2 Å². The minimum absolute atomic E-state index is 0.369. The van der Waals surface area contributed by atoms with Gasteiger partial charge in [-0.15, -0.1) is 11.3 Å². The lowest BCUT2D eigenvalue weighted by atomic mass is 9.96. The molecule has 2 heterocycles. The highest BCUT2D eigenvalue weighted by Crippen LogP contribution is 2.35. The highest BCUT2D eigenvalue weighted by atomic mass is 32.1. The summed E-state index contributed by atoms with van der Waals surface area (Å²) in [6, 6.07) is 20.3. The van der Waals surface area contributed by atoms with Crippen molar-refractivity contribution in [2.45, 2.75) is 6.04 Å². The Morgan fingerprint density at radius 2 is 1.73 bits per heavy atom. The predicted octanol–water partition coefficient (Wildman–Crippen LogP) is 3.90. The van der Waals surface area contributed by atoms with Crippen molar-refractivity contribution in [3.8, 4) is 0 Å². The third-order valence-corrected chi connectivity index (χ3v) is 5.37. The minimum Gasteiger partial charge on any atom is -0.314 e. The molecule has 0 amide bonds. The summed E-state index contributed by atoms with van der Waals surface area (Å²) in [5, 5.41) is 8.36. The number of benzene rings is 2. The molecule has 1 saturated heterocycles. The average Bonchev–Trinajstić information content (AvgIpc) is 3.11. The first-order valence-corrected chi connectivity index (χ1v) is 8.77. The van der Waals surface area contributed by atoms with Crippen LogP contribution in [0.15, 0.2) is 60.0 Å². The van der Waals surface area contributed by atoms with Gasteiger partial charge < -0.3 is 5.32 Å². The largest absolute Gasteiger partial charge is 0.314 e. The molecule has 0 radical (unpaired) electrons. The molecule has 3 aromatic rings. The van der Waals surface area contributed by atoms with Gasteiger partial charge in [-0.2, -0.15) is 0 Å². The summed E-state index contributed by atoms with van der Waals surface area (Å²) in [6.07, 6.45) is 0. The van der Waals surface area contributed by atoms with Crippen molar-refractivity contribution >= 4 is 22.1 Å². The Balaban J connectivity index is 1.85. The van der Waals surface area contributed by atoms with Crippen LogP contribution in [0.2, 0.25) is 0 Å². The Bertz CT molecular complexity index is 740. The molecule has 2 nitrogen and oxygen atoms in total. The quantitative estimate of drug-likeness (QED) is 0.789. The van der Waals surface area contributed by atoms with Crippen LogP contribution in [0.3, 0.4) is 0 Å². The van der Waals surface area contributed by atoms with Crippen LogP contribution < -0.4 is 5.32 Å². The summed E-state index contributed by atoms with van der Waals surface area (Å²) in [5.41, 5.74) is 1.43. The highest BCUT2D eigenvalue weighted by Gasteiger charge is 2.25. The predicted molar refractivity (Wildman–Crippen MR) is 94.6 cm³/mol. The first-order valence-electron chi connectivity index (χ1n) is 7.89. The molecule has 0 saturated carbocycles. The zero-order chi connectivity index (χ0) is 14.8. The van der Waals surface area contributed by atoms with Crippen molar-refractivity contribution in [3.05, 3.63) is 70.4 Å². The van der Waals surface area contributed by atoms with Crippen LogP contribution in [0.4, 0.5) is 0 Å². The van der Waals surface area contributed by atoms with Crippen molar-refractivity contribution in [1.29, 1.82) is 0 Å². The van der Waals surface area contributed by atoms with Crippen LogP contribution in [0.1, 0.15) is 16.5 Å². The zero-order valence-corrected chi connectivity index (χ0v) is 13.4. The van der Waals surface area contributed by atoms with E-state index in [4.69, 9.17) is 0 Å². The third-order valence-electron chi connectivity index (χ3n) is 4.45. The third kappa shape index (κ3) is 2.56. The number of rotatable bonds is 3. The summed E-state index contributed by atoms with van der Waals surface area (Å²) in [5.74, 6) is 0. The fraction of sp³-hybridized carbons (Fsp3) is 0.263. The maximum Gasteiger partial charge on any atom is 0.0702 e. The van der Waals surface area contributed by atoms with E-state index in [1.165, 1.54) is 21.2 Å². The van der Waals surface area contributed by atoms with E-state index < -0.39 is 0 Å². The maximum absolute atomic E-state index is 3.47. The standard InChI is InChI=1S/C19H20N2S/c1-2-7-16-15(5-1)6-3-8-17(16)19(18-9-4-14-22-18)21-12-10-20-11-13-21/h1-9,14,19-20H,10-13H2/t19-/m0/s1. The molecule has 112 valence electrons. The van der Waals surface area contributed by atoms with E-state index >= 15 is 0 Å². The van der Waals surface area contributed by atoms with Crippen LogP contribution in [-0.4, -0.2) is 31.1 Å². The molecule has 2 aromatic carbocycles. The fourth-order valence-electron chi connectivity index (χ4n) is 3.41. The summed E-state index contributed by atoms with van der Waals surface area (Å²) in [7, 11) is 0. The van der Waals surface area contributed by atoms with Crippen LogP contribution in [-0.2, 0) is 0 Å².